The molecule has 1 N–H and O–H groups in total. The molecule has 0 heterocycles. The first kappa shape index (κ1) is 9.82. The van der Waals surface area contributed by atoms with E-state index in [0.717, 1.165) is 19.3 Å². The molecule has 0 aromatic carbocycles. The average molecular weight is 182 g/mol. The molecule has 1 rings (SSSR count). The lowest BCUT2D eigenvalue weighted by molar-refractivity contribution is 0.157. The fraction of sp³-hybridized carbons (Fsp3) is 0.800. The Hall–Kier alpha value is -0.263. The highest BCUT2D eigenvalue weighted by Crippen LogP contribution is 2.24. The number of aliphatic hydroxyl groups is 1. The molecule has 0 spiro atoms. The van der Waals surface area contributed by atoms with Crippen LogP contribution in [0.15, 0.2) is 0 Å². The maximum Gasteiger partial charge on any atom is 0.129 e. The van der Waals surface area contributed by atoms with Gasteiger partial charge in [-0.3, -0.25) is 0 Å². The minimum Gasteiger partial charge on any atom is -0.392 e. The molecular weight excluding hydrogens is 164 g/mol. The molecule has 2 atom stereocenters. The molecule has 0 bridgehead atoms. The molecule has 0 aliphatic heterocycles. The SMILES string of the molecule is C[Si](C)(C)C#C[C@@H]1CCC[C@@H]1O. The Kier molecular flexibility index (Phi) is 2.97. The Bertz CT molecular complexity index is 206. The van der Waals surface area contributed by atoms with Gasteiger partial charge in [0.2, 0.25) is 0 Å². The third-order valence-electron chi connectivity index (χ3n) is 2.11. The predicted molar refractivity (Wildman–Crippen MR) is 54.5 cm³/mol. The van der Waals surface area contributed by atoms with Crippen molar-refractivity contribution in [3.8, 4) is 11.5 Å². The van der Waals surface area contributed by atoms with Crippen LogP contribution in [-0.4, -0.2) is 19.3 Å². The van der Waals surface area contributed by atoms with Crippen molar-refractivity contribution in [3.05, 3.63) is 0 Å². The summed E-state index contributed by atoms with van der Waals surface area (Å²) in [5.74, 6) is 3.51. The van der Waals surface area contributed by atoms with Crippen molar-refractivity contribution in [2.45, 2.75) is 45.0 Å². The van der Waals surface area contributed by atoms with E-state index in [1.54, 1.807) is 0 Å². The van der Waals surface area contributed by atoms with Crippen LogP contribution in [0.1, 0.15) is 19.3 Å². The van der Waals surface area contributed by atoms with Gasteiger partial charge in [-0.05, 0) is 19.3 Å². The van der Waals surface area contributed by atoms with Gasteiger partial charge in [-0.2, -0.15) is 0 Å². The number of rotatable bonds is 0. The first-order chi connectivity index (χ1) is 5.49. The summed E-state index contributed by atoms with van der Waals surface area (Å²) in [5.41, 5.74) is 3.32. The van der Waals surface area contributed by atoms with Crippen molar-refractivity contribution in [2.75, 3.05) is 0 Å². The zero-order chi connectivity index (χ0) is 9.19. The Morgan fingerprint density at radius 3 is 2.33 bits per heavy atom. The second kappa shape index (κ2) is 3.63. The molecule has 0 aromatic heterocycles. The molecule has 0 amide bonds. The van der Waals surface area contributed by atoms with Crippen LogP contribution >= 0.6 is 0 Å². The minimum atomic E-state index is -1.23. The Labute approximate surface area is 76.2 Å². The van der Waals surface area contributed by atoms with Crippen molar-refractivity contribution in [1.82, 2.24) is 0 Å². The van der Waals surface area contributed by atoms with Crippen molar-refractivity contribution in [2.24, 2.45) is 5.92 Å². The smallest absolute Gasteiger partial charge is 0.129 e. The standard InChI is InChI=1S/C10H18OSi/c1-12(2,3)8-7-9-5-4-6-10(9)11/h9-11H,4-6H2,1-3H3/t9-,10-/m0/s1. The normalized spacial score (nSPS) is 29.7. The molecule has 0 aromatic rings. The van der Waals surface area contributed by atoms with Gasteiger partial charge in [0.1, 0.15) is 8.07 Å². The van der Waals surface area contributed by atoms with Gasteiger partial charge < -0.3 is 5.11 Å². The highest BCUT2D eigenvalue weighted by Gasteiger charge is 2.23. The van der Waals surface area contributed by atoms with E-state index in [9.17, 15) is 5.11 Å². The van der Waals surface area contributed by atoms with Gasteiger partial charge in [0.05, 0.1) is 6.10 Å². The highest BCUT2D eigenvalue weighted by molar-refractivity contribution is 6.83. The van der Waals surface area contributed by atoms with Crippen LogP contribution in [0, 0.1) is 17.4 Å². The fourth-order valence-electron chi connectivity index (χ4n) is 1.42. The molecule has 68 valence electrons. The molecule has 1 saturated carbocycles. The lowest BCUT2D eigenvalue weighted by Gasteiger charge is -2.08. The van der Waals surface area contributed by atoms with Gasteiger partial charge in [0.25, 0.3) is 0 Å². The van der Waals surface area contributed by atoms with E-state index in [0.29, 0.717) is 0 Å². The van der Waals surface area contributed by atoms with Gasteiger partial charge in [0, 0.05) is 5.92 Å². The summed E-state index contributed by atoms with van der Waals surface area (Å²) in [6, 6.07) is 0. The number of hydrogen-bond donors (Lipinski definition) is 1. The molecular formula is C10H18OSi. The van der Waals surface area contributed by atoms with Gasteiger partial charge >= 0.3 is 0 Å². The minimum absolute atomic E-state index is 0.145. The van der Waals surface area contributed by atoms with Gasteiger partial charge in [-0.1, -0.05) is 19.6 Å². The van der Waals surface area contributed by atoms with Crippen LogP contribution in [0.2, 0.25) is 19.6 Å². The summed E-state index contributed by atoms with van der Waals surface area (Å²) in [5, 5.41) is 9.50. The lowest BCUT2D eigenvalue weighted by Crippen LogP contribution is -2.18. The van der Waals surface area contributed by atoms with E-state index in [2.05, 4.69) is 31.1 Å². The number of aliphatic hydroxyl groups excluding tert-OH is 1. The van der Waals surface area contributed by atoms with E-state index in [4.69, 9.17) is 0 Å². The summed E-state index contributed by atoms with van der Waals surface area (Å²) in [6.45, 7) is 6.71. The van der Waals surface area contributed by atoms with Gasteiger partial charge in [-0.15, -0.1) is 11.5 Å². The van der Waals surface area contributed by atoms with Gasteiger partial charge in [-0.25, -0.2) is 0 Å². The third-order valence-corrected chi connectivity index (χ3v) is 3.01. The lowest BCUT2D eigenvalue weighted by atomic mass is 10.1. The summed E-state index contributed by atoms with van der Waals surface area (Å²) < 4.78 is 0. The molecule has 12 heavy (non-hydrogen) atoms. The molecule has 1 nitrogen and oxygen atoms in total. The van der Waals surface area contributed by atoms with Crippen LogP contribution in [0.5, 0.6) is 0 Å². The average Bonchev–Trinajstić information content (AvgIpc) is 2.29. The summed E-state index contributed by atoms with van der Waals surface area (Å²) >= 11 is 0. The van der Waals surface area contributed by atoms with Crippen LogP contribution < -0.4 is 0 Å². The van der Waals surface area contributed by atoms with Crippen LogP contribution in [0.25, 0.3) is 0 Å². The Morgan fingerprint density at radius 2 is 1.92 bits per heavy atom. The molecule has 0 unspecified atom stereocenters. The van der Waals surface area contributed by atoms with Crippen molar-refractivity contribution in [3.63, 3.8) is 0 Å². The zero-order valence-corrected chi connectivity index (χ0v) is 9.22. The zero-order valence-electron chi connectivity index (χ0n) is 8.22. The van der Waals surface area contributed by atoms with E-state index >= 15 is 0 Å². The first-order valence-corrected chi connectivity index (χ1v) is 8.20. The van der Waals surface area contributed by atoms with E-state index in [1.807, 2.05) is 0 Å². The topological polar surface area (TPSA) is 20.2 Å². The predicted octanol–water partition coefficient (Wildman–Crippen LogP) is 2.03. The molecule has 1 aliphatic rings. The molecule has 1 fully saturated rings. The fourth-order valence-corrected chi connectivity index (χ4v) is 2.04. The first-order valence-electron chi connectivity index (χ1n) is 4.70. The molecule has 2 heteroatoms. The number of hydrogen-bond acceptors (Lipinski definition) is 1. The van der Waals surface area contributed by atoms with Crippen LogP contribution in [-0.2, 0) is 0 Å². The largest absolute Gasteiger partial charge is 0.392 e. The molecule has 0 saturated heterocycles. The maximum atomic E-state index is 9.50. The van der Waals surface area contributed by atoms with Crippen LogP contribution in [0.3, 0.4) is 0 Å². The van der Waals surface area contributed by atoms with Crippen LogP contribution in [0.4, 0.5) is 0 Å². The van der Waals surface area contributed by atoms with E-state index in [1.165, 1.54) is 0 Å². The van der Waals surface area contributed by atoms with E-state index in [-0.39, 0.29) is 12.0 Å². The second-order valence-electron chi connectivity index (χ2n) is 4.62. The van der Waals surface area contributed by atoms with Crippen molar-refractivity contribution >= 4 is 8.07 Å². The summed E-state index contributed by atoms with van der Waals surface area (Å²) in [6.07, 6.45) is 3.05. The van der Waals surface area contributed by atoms with Crippen molar-refractivity contribution in [1.29, 1.82) is 0 Å². The quantitative estimate of drug-likeness (QED) is 0.449. The van der Waals surface area contributed by atoms with Crippen molar-refractivity contribution < 1.29 is 5.11 Å². The molecule has 0 radical (unpaired) electrons. The Morgan fingerprint density at radius 1 is 1.25 bits per heavy atom. The maximum absolute atomic E-state index is 9.50. The third kappa shape index (κ3) is 3.00. The summed E-state index contributed by atoms with van der Waals surface area (Å²) in [7, 11) is -1.23. The summed E-state index contributed by atoms with van der Waals surface area (Å²) in [4.78, 5) is 0. The monoisotopic (exact) mass is 182 g/mol. The Balaban J connectivity index is 2.53. The molecule has 1 aliphatic carbocycles. The van der Waals surface area contributed by atoms with Gasteiger partial charge in [0.15, 0.2) is 0 Å². The second-order valence-corrected chi connectivity index (χ2v) is 9.37. The highest BCUT2D eigenvalue weighted by atomic mass is 28.3. The van der Waals surface area contributed by atoms with E-state index < -0.39 is 8.07 Å².